The first kappa shape index (κ1) is 12.8. The van der Waals surface area contributed by atoms with Gasteiger partial charge in [-0.05, 0) is 42.7 Å². The molecule has 0 saturated heterocycles. The Balaban J connectivity index is 2.00. The third-order valence-corrected chi connectivity index (χ3v) is 3.21. The highest BCUT2D eigenvalue weighted by molar-refractivity contribution is 5.26. The molecule has 2 aromatic carbocycles. The highest BCUT2D eigenvalue weighted by Crippen LogP contribution is 2.15. The molecule has 0 aliphatic heterocycles. The third-order valence-electron chi connectivity index (χ3n) is 3.21. The van der Waals surface area contributed by atoms with E-state index in [-0.39, 0.29) is 11.9 Å². The fraction of sp³-hybridized carbons (Fsp3) is 0.250. The van der Waals surface area contributed by atoms with E-state index in [1.54, 1.807) is 12.1 Å². The quantitative estimate of drug-likeness (QED) is 0.856. The second-order valence-electron chi connectivity index (χ2n) is 4.58. The van der Waals surface area contributed by atoms with Crippen LogP contribution in [-0.4, -0.2) is 0 Å². The summed E-state index contributed by atoms with van der Waals surface area (Å²) in [6.07, 6.45) is 0. The maximum atomic E-state index is 13.1. The third kappa shape index (κ3) is 3.17. The first-order chi connectivity index (χ1) is 8.66. The highest BCUT2D eigenvalue weighted by atomic mass is 19.1. The number of aryl methyl sites for hydroxylation is 1. The normalized spacial score (nSPS) is 12.4. The lowest BCUT2D eigenvalue weighted by atomic mass is 10.1. The average molecular weight is 243 g/mol. The van der Waals surface area contributed by atoms with Crippen molar-refractivity contribution in [3.8, 4) is 0 Å². The largest absolute Gasteiger partial charge is 0.306 e. The zero-order chi connectivity index (χ0) is 13.0. The molecule has 2 aromatic rings. The lowest BCUT2D eigenvalue weighted by Gasteiger charge is -2.15. The van der Waals surface area contributed by atoms with Gasteiger partial charge in [-0.25, -0.2) is 4.39 Å². The minimum Gasteiger partial charge on any atom is -0.306 e. The van der Waals surface area contributed by atoms with Gasteiger partial charge in [0.05, 0.1) is 0 Å². The summed E-state index contributed by atoms with van der Waals surface area (Å²) in [4.78, 5) is 0. The van der Waals surface area contributed by atoms with Crippen LogP contribution < -0.4 is 5.32 Å². The van der Waals surface area contributed by atoms with Gasteiger partial charge < -0.3 is 5.32 Å². The monoisotopic (exact) mass is 243 g/mol. The van der Waals surface area contributed by atoms with E-state index in [2.05, 4.69) is 24.4 Å². The van der Waals surface area contributed by atoms with E-state index in [0.717, 1.165) is 12.1 Å². The zero-order valence-corrected chi connectivity index (χ0v) is 10.8. The van der Waals surface area contributed by atoms with Crippen LogP contribution in [0.1, 0.15) is 29.7 Å². The van der Waals surface area contributed by atoms with Crippen molar-refractivity contribution in [2.24, 2.45) is 0 Å². The molecule has 0 spiro atoms. The Labute approximate surface area is 108 Å². The molecule has 0 fully saturated rings. The molecule has 0 radical (unpaired) electrons. The van der Waals surface area contributed by atoms with Crippen molar-refractivity contribution in [3.05, 3.63) is 71.0 Å². The van der Waals surface area contributed by atoms with Crippen molar-refractivity contribution < 1.29 is 4.39 Å². The number of hydrogen-bond acceptors (Lipinski definition) is 1. The molecule has 0 aliphatic carbocycles. The maximum Gasteiger partial charge on any atom is 0.123 e. The molecule has 0 aliphatic rings. The molecular formula is C16H18FN. The molecule has 0 aromatic heterocycles. The van der Waals surface area contributed by atoms with Crippen LogP contribution in [0.3, 0.4) is 0 Å². The molecule has 1 N–H and O–H groups in total. The molecule has 1 nitrogen and oxygen atoms in total. The summed E-state index contributed by atoms with van der Waals surface area (Å²) in [5, 5.41) is 3.42. The summed E-state index contributed by atoms with van der Waals surface area (Å²) < 4.78 is 13.1. The Morgan fingerprint density at radius 1 is 1.11 bits per heavy atom. The van der Waals surface area contributed by atoms with Gasteiger partial charge in [0.15, 0.2) is 0 Å². The van der Waals surface area contributed by atoms with E-state index in [1.165, 1.54) is 17.2 Å². The van der Waals surface area contributed by atoms with Gasteiger partial charge >= 0.3 is 0 Å². The first-order valence-corrected chi connectivity index (χ1v) is 6.20. The fourth-order valence-corrected chi connectivity index (χ4v) is 1.97. The topological polar surface area (TPSA) is 12.0 Å². The second-order valence-corrected chi connectivity index (χ2v) is 4.58. The molecule has 94 valence electrons. The van der Waals surface area contributed by atoms with Gasteiger partial charge in [-0.1, -0.05) is 36.4 Å². The average Bonchev–Trinajstić information content (AvgIpc) is 2.37. The lowest BCUT2D eigenvalue weighted by molar-refractivity contribution is 0.564. The highest BCUT2D eigenvalue weighted by Gasteiger charge is 2.06. The van der Waals surface area contributed by atoms with E-state index >= 15 is 0 Å². The van der Waals surface area contributed by atoms with E-state index < -0.39 is 0 Å². The Morgan fingerprint density at radius 3 is 2.61 bits per heavy atom. The Hall–Kier alpha value is -1.67. The Bertz CT molecular complexity index is 522. The number of hydrogen-bond donors (Lipinski definition) is 1. The fourth-order valence-electron chi connectivity index (χ4n) is 1.97. The summed E-state index contributed by atoms with van der Waals surface area (Å²) in [5.41, 5.74) is 3.53. The SMILES string of the molecule is Cc1ccccc1CN[C@@H](C)c1cccc(F)c1. The van der Waals surface area contributed by atoms with E-state index in [0.29, 0.717) is 0 Å². The second kappa shape index (κ2) is 5.78. The molecule has 2 heteroatoms. The molecule has 2 rings (SSSR count). The predicted octanol–water partition coefficient (Wildman–Crippen LogP) is 3.98. The predicted molar refractivity (Wildman–Crippen MR) is 72.8 cm³/mol. The number of rotatable bonds is 4. The minimum atomic E-state index is -0.183. The molecule has 0 amide bonds. The van der Waals surface area contributed by atoms with Gasteiger partial charge in [0.2, 0.25) is 0 Å². The summed E-state index contributed by atoms with van der Waals surface area (Å²) in [6, 6.07) is 15.2. The van der Waals surface area contributed by atoms with Crippen molar-refractivity contribution in [2.75, 3.05) is 0 Å². The smallest absolute Gasteiger partial charge is 0.123 e. The molecule has 0 saturated carbocycles. The molecule has 0 heterocycles. The Kier molecular flexibility index (Phi) is 4.11. The van der Waals surface area contributed by atoms with Gasteiger partial charge in [-0.3, -0.25) is 0 Å². The van der Waals surface area contributed by atoms with Crippen LogP contribution in [0, 0.1) is 12.7 Å². The van der Waals surface area contributed by atoms with E-state index in [4.69, 9.17) is 0 Å². The van der Waals surface area contributed by atoms with Crippen LogP contribution in [0.2, 0.25) is 0 Å². The summed E-state index contributed by atoms with van der Waals surface area (Å²) in [7, 11) is 0. The number of nitrogens with one attached hydrogen (secondary N) is 1. The molecule has 1 atom stereocenters. The Morgan fingerprint density at radius 2 is 1.89 bits per heavy atom. The van der Waals surface area contributed by atoms with Crippen LogP contribution in [0.25, 0.3) is 0 Å². The van der Waals surface area contributed by atoms with Crippen LogP contribution in [0.15, 0.2) is 48.5 Å². The number of benzene rings is 2. The van der Waals surface area contributed by atoms with Gasteiger partial charge in [-0.2, -0.15) is 0 Å². The summed E-state index contributed by atoms with van der Waals surface area (Å²) in [5.74, 6) is -0.183. The first-order valence-electron chi connectivity index (χ1n) is 6.20. The van der Waals surface area contributed by atoms with E-state index in [9.17, 15) is 4.39 Å². The lowest BCUT2D eigenvalue weighted by Crippen LogP contribution is -2.18. The van der Waals surface area contributed by atoms with Crippen molar-refractivity contribution in [1.29, 1.82) is 0 Å². The van der Waals surface area contributed by atoms with Crippen molar-refractivity contribution in [1.82, 2.24) is 5.32 Å². The molecule has 18 heavy (non-hydrogen) atoms. The molecular weight excluding hydrogens is 225 g/mol. The van der Waals surface area contributed by atoms with Crippen LogP contribution in [-0.2, 0) is 6.54 Å². The molecule has 0 bridgehead atoms. The standard InChI is InChI=1S/C16H18FN/c1-12-6-3-4-7-15(12)11-18-13(2)14-8-5-9-16(17)10-14/h3-10,13,18H,11H2,1-2H3/t13-/m0/s1. The van der Waals surface area contributed by atoms with Crippen LogP contribution >= 0.6 is 0 Å². The molecule has 0 unspecified atom stereocenters. The van der Waals surface area contributed by atoms with Crippen LogP contribution in [0.5, 0.6) is 0 Å². The van der Waals surface area contributed by atoms with Gasteiger partial charge in [0, 0.05) is 12.6 Å². The summed E-state index contributed by atoms with van der Waals surface area (Å²) in [6.45, 7) is 4.95. The maximum absolute atomic E-state index is 13.1. The minimum absolute atomic E-state index is 0.139. The van der Waals surface area contributed by atoms with Crippen molar-refractivity contribution >= 4 is 0 Å². The van der Waals surface area contributed by atoms with Crippen LogP contribution in [0.4, 0.5) is 4.39 Å². The van der Waals surface area contributed by atoms with E-state index in [1.807, 2.05) is 25.1 Å². The van der Waals surface area contributed by atoms with Gasteiger partial charge in [-0.15, -0.1) is 0 Å². The van der Waals surface area contributed by atoms with Crippen molar-refractivity contribution in [2.45, 2.75) is 26.4 Å². The van der Waals surface area contributed by atoms with Gasteiger partial charge in [0.25, 0.3) is 0 Å². The van der Waals surface area contributed by atoms with Crippen molar-refractivity contribution in [3.63, 3.8) is 0 Å². The zero-order valence-electron chi connectivity index (χ0n) is 10.8. The van der Waals surface area contributed by atoms with Gasteiger partial charge in [0.1, 0.15) is 5.82 Å². The number of halogens is 1. The summed E-state index contributed by atoms with van der Waals surface area (Å²) >= 11 is 0.